The minimum Gasteiger partial charge on any atom is -0.379 e. The topological polar surface area (TPSA) is 37.8 Å². The van der Waals surface area contributed by atoms with Crippen LogP contribution < -0.4 is 5.32 Å². The van der Waals surface area contributed by atoms with Gasteiger partial charge in [0.15, 0.2) is 0 Å². The molecule has 2 aromatic heterocycles. The molecule has 78 valence electrons. The van der Waals surface area contributed by atoms with Crippen molar-refractivity contribution in [1.29, 1.82) is 0 Å². The normalized spacial score (nSPS) is 10.3. The molecule has 0 radical (unpaired) electrons. The summed E-state index contributed by atoms with van der Waals surface area (Å²) >= 11 is 7.42. The Hall–Kier alpha value is -1.13. The maximum Gasteiger partial charge on any atom is 0.131 e. The Bertz CT molecular complexity index is 455. The molecule has 5 heteroatoms. The van der Waals surface area contributed by atoms with Crippen molar-refractivity contribution in [3.8, 4) is 0 Å². The highest BCUT2D eigenvalue weighted by Crippen LogP contribution is 2.14. The fourth-order valence-electron chi connectivity index (χ4n) is 1.19. The summed E-state index contributed by atoms with van der Waals surface area (Å²) < 4.78 is 0. The Labute approximate surface area is 97.2 Å². The number of halogens is 1. The van der Waals surface area contributed by atoms with E-state index in [2.05, 4.69) is 15.3 Å². The van der Waals surface area contributed by atoms with Gasteiger partial charge in [0.2, 0.25) is 0 Å². The van der Waals surface area contributed by atoms with Gasteiger partial charge in [-0.15, -0.1) is 11.3 Å². The van der Waals surface area contributed by atoms with Gasteiger partial charge in [-0.25, -0.2) is 9.97 Å². The molecule has 0 saturated heterocycles. The summed E-state index contributed by atoms with van der Waals surface area (Å²) in [7, 11) is 0. The Morgan fingerprint density at radius 2 is 2.40 bits per heavy atom. The van der Waals surface area contributed by atoms with E-state index in [-0.39, 0.29) is 0 Å². The number of pyridine rings is 1. The van der Waals surface area contributed by atoms with Crippen molar-refractivity contribution in [1.82, 2.24) is 9.97 Å². The Morgan fingerprint density at radius 3 is 3.07 bits per heavy atom. The highest BCUT2D eigenvalue weighted by molar-refractivity contribution is 7.09. The number of hydrogen-bond donors (Lipinski definition) is 1. The molecule has 0 fully saturated rings. The van der Waals surface area contributed by atoms with Gasteiger partial charge in [-0.3, -0.25) is 0 Å². The van der Waals surface area contributed by atoms with Crippen molar-refractivity contribution in [2.75, 3.05) is 5.32 Å². The maximum absolute atomic E-state index is 5.77. The van der Waals surface area contributed by atoms with Crippen molar-refractivity contribution >= 4 is 28.6 Å². The lowest BCUT2D eigenvalue weighted by molar-refractivity contribution is 1.05. The van der Waals surface area contributed by atoms with Crippen LogP contribution in [0.25, 0.3) is 0 Å². The lowest BCUT2D eigenvalue weighted by atomic mass is 10.4. The predicted octanol–water partition coefficient (Wildman–Crippen LogP) is 3.11. The molecule has 3 nitrogen and oxygen atoms in total. The fraction of sp³-hybridized carbons (Fsp3) is 0.200. The predicted molar refractivity (Wildman–Crippen MR) is 63.4 cm³/mol. The molecule has 2 heterocycles. The summed E-state index contributed by atoms with van der Waals surface area (Å²) in [4.78, 5) is 8.27. The van der Waals surface area contributed by atoms with Crippen molar-refractivity contribution in [2.24, 2.45) is 0 Å². The molecule has 0 unspecified atom stereocenters. The van der Waals surface area contributed by atoms with Crippen LogP contribution in [0.3, 0.4) is 0 Å². The second kappa shape index (κ2) is 4.59. The van der Waals surface area contributed by atoms with Gasteiger partial charge < -0.3 is 5.32 Å². The van der Waals surface area contributed by atoms with Crippen LogP contribution in [0.1, 0.15) is 10.7 Å². The number of hydrogen-bond acceptors (Lipinski definition) is 4. The lowest BCUT2D eigenvalue weighted by Crippen LogP contribution is -1.99. The van der Waals surface area contributed by atoms with Gasteiger partial charge in [0.1, 0.15) is 5.15 Å². The first kappa shape index (κ1) is 10.4. The zero-order chi connectivity index (χ0) is 10.7. The monoisotopic (exact) mass is 239 g/mol. The van der Waals surface area contributed by atoms with Crippen LogP contribution in [0.15, 0.2) is 23.7 Å². The number of nitrogens with one attached hydrogen (secondary N) is 1. The molecule has 15 heavy (non-hydrogen) atoms. The summed E-state index contributed by atoms with van der Waals surface area (Å²) in [6.07, 6.45) is 1.68. The second-order valence-electron chi connectivity index (χ2n) is 3.08. The second-order valence-corrected chi connectivity index (χ2v) is 4.53. The van der Waals surface area contributed by atoms with E-state index in [0.717, 1.165) is 16.4 Å². The Kier molecular flexibility index (Phi) is 3.18. The van der Waals surface area contributed by atoms with Gasteiger partial charge in [0, 0.05) is 17.3 Å². The van der Waals surface area contributed by atoms with Crippen LogP contribution >= 0.6 is 22.9 Å². The van der Waals surface area contributed by atoms with E-state index < -0.39 is 0 Å². The van der Waals surface area contributed by atoms with E-state index in [4.69, 9.17) is 11.6 Å². The summed E-state index contributed by atoms with van der Waals surface area (Å²) in [5, 5.41) is 6.86. The quantitative estimate of drug-likeness (QED) is 0.837. The molecule has 0 aliphatic rings. The molecule has 2 aromatic rings. The lowest BCUT2D eigenvalue weighted by Gasteiger charge is -2.03. The zero-order valence-electron chi connectivity index (χ0n) is 8.20. The zero-order valence-corrected chi connectivity index (χ0v) is 9.77. The molecule has 0 aliphatic carbocycles. The Morgan fingerprint density at radius 1 is 1.53 bits per heavy atom. The molecule has 1 N–H and O–H groups in total. The highest BCUT2D eigenvalue weighted by atomic mass is 35.5. The molecule has 0 aromatic carbocycles. The summed E-state index contributed by atoms with van der Waals surface area (Å²) in [6.45, 7) is 2.71. The first-order valence-electron chi connectivity index (χ1n) is 4.50. The number of anilines is 1. The third-order valence-electron chi connectivity index (χ3n) is 1.87. The first-order valence-corrected chi connectivity index (χ1v) is 5.76. The molecule has 0 saturated carbocycles. The van der Waals surface area contributed by atoms with Crippen LogP contribution in [0.2, 0.25) is 5.15 Å². The number of thiazole rings is 1. The summed E-state index contributed by atoms with van der Waals surface area (Å²) in [5.41, 5.74) is 2.01. The van der Waals surface area contributed by atoms with Crippen LogP contribution in [0.5, 0.6) is 0 Å². The smallest absolute Gasteiger partial charge is 0.131 e. The van der Waals surface area contributed by atoms with E-state index >= 15 is 0 Å². The third-order valence-corrected chi connectivity index (χ3v) is 2.90. The molecule has 0 bridgehead atoms. The van der Waals surface area contributed by atoms with Crippen LogP contribution in [0.4, 0.5) is 5.69 Å². The third kappa shape index (κ3) is 2.91. The SMILES string of the molecule is Cc1nc(CNc2ccnc(Cl)c2)cs1. The van der Waals surface area contributed by atoms with Gasteiger partial charge in [-0.1, -0.05) is 11.6 Å². The number of aryl methyl sites for hydroxylation is 1. The fourth-order valence-corrected chi connectivity index (χ4v) is 1.98. The van der Waals surface area contributed by atoms with Gasteiger partial charge in [0.05, 0.1) is 17.2 Å². The van der Waals surface area contributed by atoms with E-state index in [1.807, 2.05) is 18.4 Å². The number of rotatable bonds is 3. The van der Waals surface area contributed by atoms with Crippen molar-refractivity contribution < 1.29 is 0 Å². The van der Waals surface area contributed by atoms with Gasteiger partial charge in [-0.2, -0.15) is 0 Å². The van der Waals surface area contributed by atoms with Crippen molar-refractivity contribution in [3.63, 3.8) is 0 Å². The average Bonchev–Trinajstić information content (AvgIpc) is 2.62. The maximum atomic E-state index is 5.77. The molecule has 0 aliphatic heterocycles. The minimum absolute atomic E-state index is 0.495. The molecular formula is C10H10ClN3S. The molecule has 0 spiro atoms. The van der Waals surface area contributed by atoms with E-state index in [0.29, 0.717) is 11.7 Å². The molecule has 0 atom stereocenters. The van der Waals surface area contributed by atoms with E-state index in [9.17, 15) is 0 Å². The molecular weight excluding hydrogens is 230 g/mol. The molecule has 2 rings (SSSR count). The van der Waals surface area contributed by atoms with Crippen LogP contribution in [-0.4, -0.2) is 9.97 Å². The first-order chi connectivity index (χ1) is 7.24. The minimum atomic E-state index is 0.495. The van der Waals surface area contributed by atoms with E-state index in [1.54, 1.807) is 23.6 Å². The highest BCUT2D eigenvalue weighted by Gasteiger charge is 1.98. The standard InChI is InChI=1S/C10H10ClN3S/c1-7-14-9(6-15-7)5-13-8-2-3-12-10(11)4-8/h2-4,6H,5H2,1H3,(H,12,13). The number of nitrogens with zero attached hydrogens (tertiary/aromatic N) is 2. The average molecular weight is 240 g/mol. The Balaban J connectivity index is 1.99. The van der Waals surface area contributed by atoms with Crippen molar-refractivity contribution in [3.05, 3.63) is 39.6 Å². The van der Waals surface area contributed by atoms with E-state index in [1.165, 1.54) is 0 Å². The van der Waals surface area contributed by atoms with Gasteiger partial charge >= 0.3 is 0 Å². The largest absolute Gasteiger partial charge is 0.379 e. The van der Waals surface area contributed by atoms with Crippen LogP contribution in [0, 0.1) is 6.92 Å². The molecule has 0 amide bonds. The van der Waals surface area contributed by atoms with Gasteiger partial charge in [-0.05, 0) is 19.1 Å². The number of aromatic nitrogens is 2. The van der Waals surface area contributed by atoms with Crippen molar-refractivity contribution in [2.45, 2.75) is 13.5 Å². The van der Waals surface area contributed by atoms with Gasteiger partial charge in [0.25, 0.3) is 0 Å². The summed E-state index contributed by atoms with van der Waals surface area (Å²) in [6, 6.07) is 3.67. The van der Waals surface area contributed by atoms with Crippen LogP contribution in [-0.2, 0) is 6.54 Å². The summed E-state index contributed by atoms with van der Waals surface area (Å²) in [5.74, 6) is 0.